The Morgan fingerprint density at radius 3 is 2.50 bits per heavy atom. The van der Waals surface area contributed by atoms with E-state index in [-0.39, 0.29) is 18.6 Å². The molecule has 1 amide bonds. The van der Waals surface area contributed by atoms with Gasteiger partial charge in [-0.05, 0) is 43.2 Å². The highest BCUT2D eigenvalue weighted by Gasteiger charge is 2.13. The minimum atomic E-state index is -0.154. The lowest BCUT2D eigenvalue weighted by Crippen LogP contribution is -2.32. The number of amides is 1. The Balaban J connectivity index is 1.54. The summed E-state index contributed by atoms with van der Waals surface area (Å²) in [6.07, 6.45) is 2.09. The van der Waals surface area contributed by atoms with Crippen molar-refractivity contribution in [2.45, 2.75) is 26.3 Å². The van der Waals surface area contributed by atoms with Gasteiger partial charge in [-0.25, -0.2) is 0 Å². The van der Waals surface area contributed by atoms with E-state index in [0.29, 0.717) is 11.6 Å². The number of nitrogens with zero attached hydrogens (tertiary/aromatic N) is 2. The van der Waals surface area contributed by atoms with Crippen LogP contribution in [-0.2, 0) is 4.79 Å². The summed E-state index contributed by atoms with van der Waals surface area (Å²) in [5.41, 5.74) is 3.09. The molecule has 1 heterocycles. The number of nitrogens with one attached hydrogen (secondary N) is 1. The van der Waals surface area contributed by atoms with Gasteiger partial charge in [-0.2, -0.15) is 0 Å². The van der Waals surface area contributed by atoms with E-state index in [2.05, 4.69) is 15.5 Å². The van der Waals surface area contributed by atoms with Gasteiger partial charge in [0, 0.05) is 5.56 Å². The van der Waals surface area contributed by atoms with Crippen molar-refractivity contribution in [3.63, 3.8) is 0 Å². The molecule has 0 saturated heterocycles. The lowest BCUT2D eigenvalue weighted by Gasteiger charge is -2.18. The normalized spacial score (nSPS) is 11.8. The van der Waals surface area contributed by atoms with Crippen LogP contribution in [0.1, 0.15) is 30.5 Å². The molecule has 0 aliphatic carbocycles. The first-order chi connectivity index (χ1) is 12.7. The fourth-order valence-corrected chi connectivity index (χ4v) is 2.60. The van der Waals surface area contributed by atoms with Gasteiger partial charge in [0.15, 0.2) is 6.61 Å². The summed E-state index contributed by atoms with van der Waals surface area (Å²) >= 11 is 0. The smallest absolute Gasteiger partial charge is 0.258 e. The van der Waals surface area contributed by atoms with Crippen LogP contribution in [0.2, 0.25) is 0 Å². The third kappa shape index (κ3) is 4.47. The van der Waals surface area contributed by atoms with Crippen LogP contribution in [0.5, 0.6) is 5.75 Å². The van der Waals surface area contributed by atoms with Crippen molar-refractivity contribution in [2.24, 2.45) is 0 Å². The van der Waals surface area contributed by atoms with Crippen molar-refractivity contribution in [1.82, 2.24) is 15.5 Å². The highest BCUT2D eigenvalue weighted by molar-refractivity contribution is 5.78. The van der Waals surface area contributed by atoms with Crippen LogP contribution in [0.25, 0.3) is 11.5 Å². The molecule has 2 aromatic carbocycles. The fraction of sp³-hybridized carbons (Fsp3) is 0.250. The van der Waals surface area contributed by atoms with Crippen LogP contribution < -0.4 is 10.1 Å². The maximum Gasteiger partial charge on any atom is 0.258 e. The van der Waals surface area contributed by atoms with Gasteiger partial charge in [-0.3, -0.25) is 4.79 Å². The first-order valence-electron chi connectivity index (χ1n) is 8.51. The lowest BCUT2D eigenvalue weighted by molar-refractivity contribution is -0.123. The number of rotatable bonds is 7. The zero-order chi connectivity index (χ0) is 18.4. The number of aryl methyl sites for hydroxylation is 1. The zero-order valence-corrected chi connectivity index (χ0v) is 14.8. The monoisotopic (exact) mass is 351 g/mol. The summed E-state index contributed by atoms with van der Waals surface area (Å²) in [4.78, 5) is 12.2. The second kappa shape index (κ2) is 8.29. The molecule has 6 nitrogen and oxygen atoms in total. The van der Waals surface area contributed by atoms with Gasteiger partial charge >= 0.3 is 0 Å². The molecule has 26 heavy (non-hydrogen) atoms. The summed E-state index contributed by atoms with van der Waals surface area (Å²) in [6, 6.07) is 15.3. The topological polar surface area (TPSA) is 77.2 Å². The molecular formula is C20H21N3O3. The molecule has 0 unspecified atom stereocenters. The average Bonchev–Trinajstić information content (AvgIpc) is 3.20. The van der Waals surface area contributed by atoms with E-state index < -0.39 is 0 Å². The number of benzene rings is 2. The molecule has 0 aliphatic rings. The Labute approximate surface area is 152 Å². The first kappa shape index (κ1) is 17.7. The molecule has 134 valence electrons. The molecule has 0 saturated carbocycles. The van der Waals surface area contributed by atoms with Crippen LogP contribution in [0.15, 0.2) is 59.3 Å². The van der Waals surface area contributed by atoms with Gasteiger partial charge in [0.2, 0.25) is 12.3 Å². The summed E-state index contributed by atoms with van der Waals surface area (Å²) in [6.45, 7) is 4.05. The first-order valence-corrected chi connectivity index (χ1v) is 8.51. The van der Waals surface area contributed by atoms with E-state index in [1.807, 2.05) is 50.2 Å². The molecule has 1 aromatic heterocycles. The molecule has 3 rings (SSSR count). The number of carbonyl (C=O) groups excluding carboxylic acids is 1. The molecule has 1 atom stereocenters. The molecule has 0 radical (unpaired) electrons. The molecule has 0 bridgehead atoms. The van der Waals surface area contributed by atoms with Crippen LogP contribution in [-0.4, -0.2) is 22.7 Å². The highest BCUT2D eigenvalue weighted by atomic mass is 16.5. The molecular weight excluding hydrogens is 330 g/mol. The third-order valence-electron chi connectivity index (χ3n) is 4.05. The highest BCUT2D eigenvalue weighted by Crippen LogP contribution is 2.20. The summed E-state index contributed by atoms with van der Waals surface area (Å²) in [5, 5.41) is 10.5. The molecule has 6 heteroatoms. The van der Waals surface area contributed by atoms with Crippen molar-refractivity contribution < 1.29 is 13.9 Å². The number of ether oxygens (including phenoxy) is 1. The Bertz CT molecular complexity index is 828. The predicted molar refractivity (Wildman–Crippen MR) is 97.6 cm³/mol. The maximum atomic E-state index is 12.2. The van der Waals surface area contributed by atoms with Gasteiger partial charge in [-0.15, -0.1) is 10.2 Å². The predicted octanol–water partition coefficient (Wildman–Crippen LogP) is 3.69. The Kier molecular flexibility index (Phi) is 5.63. The largest absolute Gasteiger partial charge is 0.484 e. The van der Waals surface area contributed by atoms with E-state index in [4.69, 9.17) is 9.15 Å². The summed E-state index contributed by atoms with van der Waals surface area (Å²) < 4.78 is 10.7. The Morgan fingerprint density at radius 2 is 1.88 bits per heavy atom. The van der Waals surface area contributed by atoms with Crippen LogP contribution in [0, 0.1) is 6.92 Å². The van der Waals surface area contributed by atoms with Gasteiger partial charge in [-0.1, -0.05) is 36.8 Å². The maximum absolute atomic E-state index is 12.2. The number of carbonyl (C=O) groups is 1. The second-order valence-electron chi connectivity index (χ2n) is 6.00. The van der Waals surface area contributed by atoms with Gasteiger partial charge in [0.25, 0.3) is 5.91 Å². The quantitative estimate of drug-likeness (QED) is 0.702. The zero-order valence-electron chi connectivity index (χ0n) is 14.8. The van der Waals surface area contributed by atoms with Crippen LogP contribution >= 0.6 is 0 Å². The number of aromatic nitrogens is 2. The van der Waals surface area contributed by atoms with Gasteiger partial charge < -0.3 is 14.5 Å². The van der Waals surface area contributed by atoms with Gasteiger partial charge in [0.05, 0.1) is 6.04 Å². The van der Waals surface area contributed by atoms with E-state index in [1.165, 1.54) is 12.0 Å². The molecule has 3 aromatic rings. The van der Waals surface area contributed by atoms with Crippen LogP contribution in [0.3, 0.4) is 0 Å². The molecule has 1 N–H and O–H groups in total. The van der Waals surface area contributed by atoms with Gasteiger partial charge in [0.1, 0.15) is 5.75 Å². The summed E-state index contributed by atoms with van der Waals surface area (Å²) in [7, 11) is 0. The second-order valence-corrected chi connectivity index (χ2v) is 6.00. The van der Waals surface area contributed by atoms with Crippen molar-refractivity contribution in [2.75, 3.05) is 6.61 Å². The standard InChI is InChI=1S/C20H21N3O3/c1-3-18(15-6-4-14(2)5-7-15)22-19(24)12-25-17-10-8-16(9-11-17)20-23-21-13-26-20/h4-11,13,18H,3,12H2,1-2H3,(H,22,24)/t18-/m0/s1. The minimum absolute atomic E-state index is 0.0217. The van der Waals surface area contributed by atoms with E-state index >= 15 is 0 Å². The van der Waals surface area contributed by atoms with Crippen molar-refractivity contribution in [3.8, 4) is 17.2 Å². The molecule has 0 aliphatic heterocycles. The van der Waals surface area contributed by atoms with Crippen molar-refractivity contribution in [3.05, 3.63) is 66.1 Å². The summed E-state index contributed by atoms with van der Waals surface area (Å²) in [5.74, 6) is 0.892. The average molecular weight is 351 g/mol. The van der Waals surface area contributed by atoms with E-state index in [1.54, 1.807) is 12.1 Å². The van der Waals surface area contributed by atoms with Crippen LogP contribution in [0.4, 0.5) is 0 Å². The SMILES string of the molecule is CC[C@H](NC(=O)COc1ccc(-c2nnco2)cc1)c1ccc(C)cc1. The Morgan fingerprint density at radius 1 is 1.15 bits per heavy atom. The Hall–Kier alpha value is -3.15. The minimum Gasteiger partial charge on any atom is -0.484 e. The lowest BCUT2D eigenvalue weighted by atomic mass is 10.0. The van der Waals surface area contributed by atoms with Crippen molar-refractivity contribution in [1.29, 1.82) is 0 Å². The molecule has 0 spiro atoms. The fourth-order valence-electron chi connectivity index (χ4n) is 2.60. The third-order valence-corrected chi connectivity index (χ3v) is 4.05. The van der Waals surface area contributed by atoms with E-state index in [0.717, 1.165) is 17.5 Å². The molecule has 0 fully saturated rings. The van der Waals surface area contributed by atoms with E-state index in [9.17, 15) is 4.79 Å². The number of hydrogen-bond donors (Lipinski definition) is 1. The van der Waals surface area contributed by atoms with Crippen molar-refractivity contribution >= 4 is 5.91 Å². The number of hydrogen-bond acceptors (Lipinski definition) is 5.